The van der Waals surface area contributed by atoms with E-state index in [0.717, 1.165) is 25.3 Å². The van der Waals surface area contributed by atoms with Crippen molar-refractivity contribution in [1.82, 2.24) is 0 Å². The average molecular weight is 165 g/mol. The second-order valence-electron chi connectivity index (χ2n) is 2.69. The quantitative estimate of drug-likeness (QED) is 0.546. The van der Waals surface area contributed by atoms with Gasteiger partial charge in [-0.2, -0.15) is 0 Å². The van der Waals surface area contributed by atoms with E-state index >= 15 is 0 Å². The van der Waals surface area contributed by atoms with E-state index in [0.29, 0.717) is 0 Å². The molecule has 0 unspecified atom stereocenters. The molecule has 0 heterocycles. The summed E-state index contributed by atoms with van der Waals surface area (Å²) in [6.45, 7) is 3.58. The summed E-state index contributed by atoms with van der Waals surface area (Å²) in [5, 5.41) is 0. The number of nitrogens with two attached hydrogens (primary N) is 1. The van der Waals surface area contributed by atoms with Crippen LogP contribution in [-0.2, 0) is 11.2 Å². The molecule has 66 valence electrons. The van der Waals surface area contributed by atoms with Gasteiger partial charge in [-0.05, 0) is 31.0 Å². The maximum absolute atomic E-state index is 5.55. The van der Waals surface area contributed by atoms with Crippen LogP contribution in [0.5, 0.6) is 0 Å². The van der Waals surface area contributed by atoms with Crippen LogP contribution < -0.4 is 5.73 Å². The first-order valence-corrected chi connectivity index (χ1v) is 4.25. The fourth-order valence-electron chi connectivity index (χ4n) is 1.02. The summed E-state index contributed by atoms with van der Waals surface area (Å²) in [4.78, 5) is 0. The summed E-state index contributed by atoms with van der Waals surface area (Å²) in [6.07, 6.45) is 0.966. The van der Waals surface area contributed by atoms with E-state index < -0.39 is 0 Å². The Morgan fingerprint density at radius 1 is 1.25 bits per heavy atom. The highest BCUT2D eigenvalue weighted by atomic mass is 16.5. The molecule has 0 atom stereocenters. The van der Waals surface area contributed by atoms with Crippen molar-refractivity contribution in [2.45, 2.75) is 13.3 Å². The highest BCUT2D eigenvalue weighted by Crippen LogP contribution is 2.05. The fourth-order valence-corrected chi connectivity index (χ4v) is 1.02. The van der Waals surface area contributed by atoms with Gasteiger partial charge < -0.3 is 10.5 Å². The summed E-state index contributed by atoms with van der Waals surface area (Å²) in [5.41, 5.74) is 7.64. The molecule has 1 rings (SSSR count). The lowest BCUT2D eigenvalue weighted by atomic mass is 10.1. The van der Waals surface area contributed by atoms with Gasteiger partial charge in [0.1, 0.15) is 0 Å². The molecule has 0 radical (unpaired) electrons. The predicted molar refractivity (Wildman–Crippen MR) is 51.1 cm³/mol. The Bertz CT molecular complexity index is 218. The Morgan fingerprint density at radius 3 is 2.50 bits per heavy atom. The van der Waals surface area contributed by atoms with Crippen LogP contribution in [0.3, 0.4) is 0 Å². The molecule has 0 saturated carbocycles. The number of rotatable bonds is 4. The average Bonchev–Trinajstić information content (AvgIpc) is 2.09. The number of benzene rings is 1. The SMILES string of the molecule is CCOCCc1ccc(N)cc1. The zero-order valence-electron chi connectivity index (χ0n) is 7.42. The fraction of sp³-hybridized carbons (Fsp3) is 0.400. The van der Waals surface area contributed by atoms with Crippen LogP contribution in [0.2, 0.25) is 0 Å². The third-order valence-corrected chi connectivity index (χ3v) is 1.72. The minimum absolute atomic E-state index is 0.787. The van der Waals surface area contributed by atoms with Crippen LogP contribution in [-0.4, -0.2) is 13.2 Å². The van der Waals surface area contributed by atoms with Crippen molar-refractivity contribution < 1.29 is 4.74 Å². The number of hydrogen-bond donors (Lipinski definition) is 1. The van der Waals surface area contributed by atoms with E-state index in [1.807, 2.05) is 31.2 Å². The minimum Gasteiger partial charge on any atom is -0.399 e. The van der Waals surface area contributed by atoms with E-state index in [1.54, 1.807) is 0 Å². The molecule has 1 aromatic carbocycles. The van der Waals surface area contributed by atoms with E-state index in [4.69, 9.17) is 10.5 Å². The van der Waals surface area contributed by atoms with E-state index in [2.05, 4.69) is 0 Å². The van der Waals surface area contributed by atoms with Crippen LogP contribution >= 0.6 is 0 Å². The molecule has 0 spiro atoms. The number of nitrogen functional groups attached to an aromatic ring is 1. The van der Waals surface area contributed by atoms with Gasteiger partial charge in [0.05, 0.1) is 6.61 Å². The smallest absolute Gasteiger partial charge is 0.0506 e. The molecule has 2 heteroatoms. The van der Waals surface area contributed by atoms with Gasteiger partial charge in [-0.15, -0.1) is 0 Å². The van der Waals surface area contributed by atoms with Crippen molar-refractivity contribution in [3.8, 4) is 0 Å². The Kier molecular flexibility index (Phi) is 3.61. The summed E-state index contributed by atoms with van der Waals surface area (Å²) >= 11 is 0. The molecule has 0 saturated heterocycles. The molecule has 0 aromatic heterocycles. The van der Waals surface area contributed by atoms with Crippen LogP contribution in [0, 0.1) is 0 Å². The Balaban J connectivity index is 2.37. The zero-order chi connectivity index (χ0) is 8.81. The van der Waals surface area contributed by atoms with Crippen LogP contribution in [0.15, 0.2) is 24.3 Å². The van der Waals surface area contributed by atoms with Crippen molar-refractivity contribution in [3.63, 3.8) is 0 Å². The maximum Gasteiger partial charge on any atom is 0.0506 e. The van der Waals surface area contributed by atoms with Crippen LogP contribution in [0.25, 0.3) is 0 Å². The molecule has 0 aliphatic rings. The van der Waals surface area contributed by atoms with Gasteiger partial charge in [0.25, 0.3) is 0 Å². The molecule has 2 nitrogen and oxygen atoms in total. The van der Waals surface area contributed by atoms with Crippen LogP contribution in [0.1, 0.15) is 12.5 Å². The predicted octanol–water partition coefficient (Wildman–Crippen LogP) is 1.85. The number of ether oxygens (including phenoxy) is 1. The molecule has 2 N–H and O–H groups in total. The van der Waals surface area contributed by atoms with Gasteiger partial charge in [0, 0.05) is 12.3 Å². The highest BCUT2D eigenvalue weighted by Gasteiger charge is 1.91. The van der Waals surface area contributed by atoms with Gasteiger partial charge >= 0.3 is 0 Å². The largest absolute Gasteiger partial charge is 0.399 e. The van der Waals surface area contributed by atoms with E-state index in [-0.39, 0.29) is 0 Å². The molecule has 0 aliphatic carbocycles. The standard InChI is InChI=1S/C10H15NO/c1-2-12-8-7-9-3-5-10(11)6-4-9/h3-6H,2,7-8,11H2,1H3. The van der Waals surface area contributed by atoms with Crippen molar-refractivity contribution >= 4 is 5.69 Å². The van der Waals surface area contributed by atoms with E-state index in [9.17, 15) is 0 Å². The number of anilines is 1. The van der Waals surface area contributed by atoms with Crippen molar-refractivity contribution in [2.24, 2.45) is 0 Å². The van der Waals surface area contributed by atoms with Crippen molar-refractivity contribution in [1.29, 1.82) is 0 Å². The maximum atomic E-state index is 5.55. The Morgan fingerprint density at radius 2 is 1.92 bits per heavy atom. The zero-order valence-corrected chi connectivity index (χ0v) is 7.42. The molecule has 0 bridgehead atoms. The first kappa shape index (κ1) is 9.07. The summed E-state index contributed by atoms with van der Waals surface area (Å²) < 4.78 is 5.24. The van der Waals surface area contributed by atoms with E-state index in [1.165, 1.54) is 5.56 Å². The lowest BCUT2D eigenvalue weighted by Gasteiger charge is -2.01. The first-order valence-electron chi connectivity index (χ1n) is 4.25. The molecule has 0 aliphatic heterocycles. The van der Waals surface area contributed by atoms with Crippen LogP contribution in [0.4, 0.5) is 5.69 Å². The van der Waals surface area contributed by atoms with Gasteiger partial charge in [0.15, 0.2) is 0 Å². The van der Waals surface area contributed by atoms with Crippen molar-refractivity contribution in [2.75, 3.05) is 18.9 Å². The minimum atomic E-state index is 0.787. The van der Waals surface area contributed by atoms with Gasteiger partial charge in [-0.25, -0.2) is 0 Å². The number of hydrogen-bond acceptors (Lipinski definition) is 2. The lowest BCUT2D eigenvalue weighted by Crippen LogP contribution is -1.97. The normalized spacial score (nSPS) is 10.1. The molecule has 0 fully saturated rings. The second-order valence-corrected chi connectivity index (χ2v) is 2.69. The Labute approximate surface area is 73.3 Å². The summed E-state index contributed by atoms with van der Waals surface area (Å²) in [6, 6.07) is 7.91. The first-order chi connectivity index (χ1) is 5.83. The summed E-state index contributed by atoms with van der Waals surface area (Å²) in [5.74, 6) is 0. The third-order valence-electron chi connectivity index (χ3n) is 1.72. The molecular weight excluding hydrogens is 150 g/mol. The van der Waals surface area contributed by atoms with Crippen molar-refractivity contribution in [3.05, 3.63) is 29.8 Å². The van der Waals surface area contributed by atoms with Gasteiger partial charge in [0.2, 0.25) is 0 Å². The molecular formula is C10H15NO. The third kappa shape index (κ3) is 2.93. The monoisotopic (exact) mass is 165 g/mol. The van der Waals surface area contributed by atoms with Gasteiger partial charge in [-0.3, -0.25) is 0 Å². The van der Waals surface area contributed by atoms with Gasteiger partial charge in [-0.1, -0.05) is 12.1 Å². The summed E-state index contributed by atoms with van der Waals surface area (Å²) in [7, 11) is 0. The second kappa shape index (κ2) is 4.78. The Hall–Kier alpha value is -1.02. The lowest BCUT2D eigenvalue weighted by molar-refractivity contribution is 0.151. The molecule has 12 heavy (non-hydrogen) atoms. The molecule has 0 amide bonds. The molecule has 1 aromatic rings. The topological polar surface area (TPSA) is 35.2 Å². The highest BCUT2D eigenvalue weighted by molar-refractivity contribution is 5.39.